The summed E-state index contributed by atoms with van der Waals surface area (Å²) in [6.07, 6.45) is 4.63. The summed E-state index contributed by atoms with van der Waals surface area (Å²) in [7, 11) is 1.80. The van der Waals surface area contributed by atoms with E-state index in [4.69, 9.17) is 10.6 Å². The molecule has 3 heteroatoms. The SMILES string of the molecule is COC1(C(C)NN)CCC(C)(C)CC1. The largest absolute Gasteiger partial charge is 0.377 e. The second kappa shape index (κ2) is 4.17. The highest BCUT2D eigenvalue weighted by molar-refractivity contribution is 4.96. The smallest absolute Gasteiger partial charge is 0.0842 e. The highest BCUT2D eigenvalue weighted by Gasteiger charge is 2.41. The predicted molar refractivity (Wildman–Crippen MR) is 58.8 cm³/mol. The van der Waals surface area contributed by atoms with E-state index in [1.807, 2.05) is 0 Å². The third kappa shape index (κ3) is 2.27. The van der Waals surface area contributed by atoms with Crippen molar-refractivity contribution in [3.05, 3.63) is 0 Å². The van der Waals surface area contributed by atoms with Crippen LogP contribution in [0.1, 0.15) is 46.5 Å². The zero-order valence-electron chi connectivity index (χ0n) is 9.89. The molecule has 0 saturated heterocycles. The number of hydrogen-bond acceptors (Lipinski definition) is 3. The molecule has 1 aliphatic carbocycles. The average Bonchev–Trinajstić information content (AvgIpc) is 2.18. The summed E-state index contributed by atoms with van der Waals surface area (Å²) in [5, 5.41) is 0. The summed E-state index contributed by atoms with van der Waals surface area (Å²) >= 11 is 0. The molecule has 1 fully saturated rings. The second-order valence-electron chi connectivity index (χ2n) is 5.32. The predicted octanol–water partition coefficient (Wildman–Crippen LogP) is 1.82. The van der Waals surface area contributed by atoms with Crippen molar-refractivity contribution in [2.75, 3.05) is 7.11 Å². The van der Waals surface area contributed by atoms with Gasteiger partial charge in [0.1, 0.15) is 0 Å². The van der Waals surface area contributed by atoms with Gasteiger partial charge in [-0.05, 0) is 38.0 Å². The lowest BCUT2D eigenvalue weighted by molar-refractivity contribution is -0.0823. The Kier molecular flexibility index (Phi) is 3.56. The van der Waals surface area contributed by atoms with E-state index in [2.05, 4.69) is 26.2 Å². The van der Waals surface area contributed by atoms with Gasteiger partial charge in [0.25, 0.3) is 0 Å². The first kappa shape index (κ1) is 12.0. The highest BCUT2D eigenvalue weighted by Crippen LogP contribution is 2.43. The highest BCUT2D eigenvalue weighted by atomic mass is 16.5. The first-order valence-corrected chi connectivity index (χ1v) is 5.47. The van der Waals surface area contributed by atoms with Crippen LogP contribution in [0.4, 0.5) is 0 Å². The van der Waals surface area contributed by atoms with Crippen LogP contribution < -0.4 is 11.3 Å². The van der Waals surface area contributed by atoms with Crippen molar-refractivity contribution in [3.8, 4) is 0 Å². The van der Waals surface area contributed by atoms with Crippen molar-refractivity contribution in [2.24, 2.45) is 11.3 Å². The minimum Gasteiger partial charge on any atom is -0.377 e. The van der Waals surface area contributed by atoms with Gasteiger partial charge in [0.05, 0.1) is 5.60 Å². The lowest BCUT2D eigenvalue weighted by Gasteiger charge is -2.45. The minimum atomic E-state index is -0.0513. The summed E-state index contributed by atoms with van der Waals surface area (Å²) in [5.74, 6) is 5.50. The van der Waals surface area contributed by atoms with Crippen molar-refractivity contribution in [3.63, 3.8) is 0 Å². The molecule has 0 aliphatic heterocycles. The fraction of sp³-hybridized carbons (Fsp3) is 1.00. The van der Waals surface area contributed by atoms with E-state index in [0.717, 1.165) is 12.8 Å². The van der Waals surface area contributed by atoms with Gasteiger partial charge in [-0.25, -0.2) is 0 Å². The van der Waals surface area contributed by atoms with Gasteiger partial charge in [-0.1, -0.05) is 13.8 Å². The monoisotopic (exact) mass is 200 g/mol. The van der Waals surface area contributed by atoms with Crippen LogP contribution in [0.15, 0.2) is 0 Å². The molecule has 0 bridgehead atoms. The van der Waals surface area contributed by atoms with E-state index >= 15 is 0 Å². The lowest BCUT2D eigenvalue weighted by Crippen LogP contribution is -2.55. The number of ether oxygens (including phenoxy) is 1. The van der Waals surface area contributed by atoms with Crippen molar-refractivity contribution in [1.82, 2.24) is 5.43 Å². The van der Waals surface area contributed by atoms with Gasteiger partial charge >= 0.3 is 0 Å². The van der Waals surface area contributed by atoms with Gasteiger partial charge in [0.2, 0.25) is 0 Å². The van der Waals surface area contributed by atoms with Crippen molar-refractivity contribution in [2.45, 2.75) is 58.1 Å². The van der Waals surface area contributed by atoms with E-state index in [1.165, 1.54) is 12.8 Å². The Balaban J connectivity index is 2.66. The molecule has 1 rings (SSSR count). The van der Waals surface area contributed by atoms with Gasteiger partial charge in [0, 0.05) is 13.2 Å². The van der Waals surface area contributed by atoms with Crippen LogP contribution >= 0.6 is 0 Å². The molecule has 3 nitrogen and oxygen atoms in total. The number of nitrogens with two attached hydrogens (primary N) is 1. The Bertz CT molecular complexity index is 182. The molecule has 1 atom stereocenters. The molecule has 0 heterocycles. The van der Waals surface area contributed by atoms with Crippen LogP contribution in [0, 0.1) is 5.41 Å². The standard InChI is InChI=1S/C11H24N2O/c1-9(13-12)11(14-4)7-5-10(2,3)6-8-11/h9,13H,5-8,12H2,1-4H3. The third-order valence-corrected chi connectivity index (χ3v) is 3.90. The third-order valence-electron chi connectivity index (χ3n) is 3.90. The normalized spacial score (nSPS) is 27.2. The Hall–Kier alpha value is -0.120. The molecule has 0 aromatic carbocycles. The Morgan fingerprint density at radius 1 is 1.21 bits per heavy atom. The molecule has 0 spiro atoms. The number of rotatable bonds is 3. The summed E-state index contributed by atoms with van der Waals surface area (Å²) in [4.78, 5) is 0. The Morgan fingerprint density at radius 2 is 1.71 bits per heavy atom. The van der Waals surface area contributed by atoms with E-state index in [-0.39, 0.29) is 11.6 Å². The zero-order chi connectivity index (χ0) is 10.8. The lowest BCUT2D eigenvalue weighted by atomic mass is 9.69. The second-order valence-corrected chi connectivity index (χ2v) is 5.32. The van der Waals surface area contributed by atoms with E-state index in [9.17, 15) is 0 Å². The van der Waals surface area contributed by atoms with Crippen molar-refractivity contribution >= 4 is 0 Å². The van der Waals surface area contributed by atoms with Crippen LogP contribution in [-0.2, 0) is 4.74 Å². The number of hydrazine groups is 1. The molecule has 0 amide bonds. The summed E-state index contributed by atoms with van der Waals surface area (Å²) in [5.41, 5.74) is 3.25. The van der Waals surface area contributed by atoms with Crippen LogP contribution in [0.5, 0.6) is 0 Å². The van der Waals surface area contributed by atoms with E-state index in [1.54, 1.807) is 7.11 Å². The van der Waals surface area contributed by atoms with Crippen LogP contribution in [0.2, 0.25) is 0 Å². The van der Waals surface area contributed by atoms with Crippen LogP contribution in [0.25, 0.3) is 0 Å². The molecule has 0 radical (unpaired) electrons. The Morgan fingerprint density at radius 3 is 2.07 bits per heavy atom. The molecule has 1 aliphatic rings. The van der Waals surface area contributed by atoms with E-state index < -0.39 is 0 Å². The summed E-state index contributed by atoms with van der Waals surface area (Å²) in [6, 6.07) is 0.226. The van der Waals surface area contributed by atoms with Gasteiger partial charge in [-0.15, -0.1) is 0 Å². The average molecular weight is 200 g/mol. The molecule has 0 aromatic heterocycles. The first-order chi connectivity index (χ1) is 6.46. The fourth-order valence-corrected chi connectivity index (χ4v) is 2.32. The molecule has 3 N–H and O–H groups in total. The topological polar surface area (TPSA) is 47.3 Å². The molecule has 1 saturated carbocycles. The van der Waals surface area contributed by atoms with Crippen LogP contribution in [0.3, 0.4) is 0 Å². The quantitative estimate of drug-likeness (QED) is 0.539. The van der Waals surface area contributed by atoms with Gasteiger partial charge in [-0.3, -0.25) is 11.3 Å². The summed E-state index contributed by atoms with van der Waals surface area (Å²) in [6.45, 7) is 6.75. The number of hydrogen-bond donors (Lipinski definition) is 2. The maximum atomic E-state index is 5.68. The van der Waals surface area contributed by atoms with Crippen molar-refractivity contribution < 1.29 is 4.74 Å². The molecule has 1 unspecified atom stereocenters. The maximum Gasteiger partial charge on any atom is 0.0842 e. The zero-order valence-corrected chi connectivity index (χ0v) is 9.89. The maximum absolute atomic E-state index is 5.68. The van der Waals surface area contributed by atoms with Gasteiger partial charge in [0.15, 0.2) is 0 Å². The molecule has 84 valence electrons. The van der Waals surface area contributed by atoms with E-state index in [0.29, 0.717) is 5.41 Å². The molecular formula is C11H24N2O. The van der Waals surface area contributed by atoms with Crippen LogP contribution in [-0.4, -0.2) is 18.8 Å². The first-order valence-electron chi connectivity index (χ1n) is 5.47. The Labute approximate surface area is 87.4 Å². The van der Waals surface area contributed by atoms with Gasteiger partial charge in [-0.2, -0.15) is 0 Å². The molecule has 14 heavy (non-hydrogen) atoms. The molecular weight excluding hydrogens is 176 g/mol. The van der Waals surface area contributed by atoms with Crippen molar-refractivity contribution in [1.29, 1.82) is 0 Å². The fourth-order valence-electron chi connectivity index (χ4n) is 2.32. The summed E-state index contributed by atoms with van der Waals surface area (Å²) < 4.78 is 5.68. The number of nitrogens with one attached hydrogen (secondary N) is 1. The molecule has 0 aromatic rings. The number of methoxy groups -OCH3 is 1. The minimum absolute atomic E-state index is 0.0513. The van der Waals surface area contributed by atoms with Gasteiger partial charge < -0.3 is 4.74 Å².